The summed E-state index contributed by atoms with van der Waals surface area (Å²) in [6, 6.07) is 5.20. The molecule has 0 spiro atoms. The van der Waals surface area contributed by atoms with Crippen molar-refractivity contribution in [3.63, 3.8) is 0 Å². The molecule has 0 saturated heterocycles. The van der Waals surface area contributed by atoms with E-state index in [1.54, 1.807) is 0 Å². The lowest BCUT2D eigenvalue weighted by Crippen LogP contribution is -2.31. The molecule has 1 aromatic carbocycles. The number of hydrogen-bond donors (Lipinski definition) is 2. The standard InChI is InChI=1S/C11H10FNO3.C6H15N/c12-7-1-3-8(4-2-7)13-9(14)11(5-6-11)10(15)16;1-4-7(5-2)6-3/h1-4H,5-6H2,(H,13,14)(H,15,16);4-6H2,1-3H3. The molecule has 1 fully saturated rings. The number of nitrogens with zero attached hydrogens (tertiary/aromatic N) is 1. The van der Waals surface area contributed by atoms with E-state index >= 15 is 0 Å². The number of nitrogens with one attached hydrogen (secondary N) is 1. The summed E-state index contributed by atoms with van der Waals surface area (Å²) in [6.45, 7) is 10.1. The van der Waals surface area contributed by atoms with Crippen molar-refractivity contribution in [1.82, 2.24) is 4.90 Å². The van der Waals surface area contributed by atoms with Gasteiger partial charge in [0.2, 0.25) is 5.91 Å². The van der Waals surface area contributed by atoms with E-state index < -0.39 is 23.1 Å². The zero-order valence-corrected chi connectivity index (χ0v) is 13.9. The third-order valence-electron chi connectivity index (χ3n) is 4.04. The lowest BCUT2D eigenvalue weighted by molar-refractivity contribution is -0.147. The average Bonchev–Trinajstić information content (AvgIpc) is 3.34. The third kappa shape index (κ3) is 5.32. The Morgan fingerprint density at radius 3 is 1.91 bits per heavy atom. The van der Waals surface area contributed by atoms with Gasteiger partial charge in [-0.25, -0.2) is 4.39 Å². The van der Waals surface area contributed by atoms with Gasteiger partial charge in [0.05, 0.1) is 0 Å². The molecule has 5 nitrogen and oxygen atoms in total. The van der Waals surface area contributed by atoms with Crippen LogP contribution >= 0.6 is 0 Å². The van der Waals surface area contributed by atoms with Crippen LogP contribution in [0.4, 0.5) is 10.1 Å². The molecule has 0 radical (unpaired) electrons. The van der Waals surface area contributed by atoms with E-state index in [0.717, 1.165) is 0 Å². The highest BCUT2D eigenvalue weighted by Crippen LogP contribution is 2.46. The molecule has 23 heavy (non-hydrogen) atoms. The molecule has 2 N–H and O–H groups in total. The van der Waals surface area contributed by atoms with Crippen molar-refractivity contribution in [2.75, 3.05) is 25.0 Å². The first-order chi connectivity index (χ1) is 10.9. The molecular weight excluding hydrogens is 299 g/mol. The van der Waals surface area contributed by atoms with E-state index in [1.165, 1.54) is 43.9 Å². The number of aliphatic carboxylic acids is 1. The summed E-state index contributed by atoms with van der Waals surface area (Å²) in [4.78, 5) is 24.9. The molecule has 0 aliphatic heterocycles. The minimum atomic E-state index is -1.27. The first-order valence-corrected chi connectivity index (χ1v) is 7.92. The fraction of sp³-hybridized carbons (Fsp3) is 0.529. The van der Waals surface area contributed by atoms with Crippen LogP contribution in [0.25, 0.3) is 0 Å². The molecule has 1 saturated carbocycles. The van der Waals surface area contributed by atoms with Gasteiger partial charge in [0, 0.05) is 5.69 Å². The summed E-state index contributed by atoms with van der Waals surface area (Å²) in [7, 11) is 0. The summed E-state index contributed by atoms with van der Waals surface area (Å²) in [5.74, 6) is -2.05. The van der Waals surface area contributed by atoms with Crippen molar-refractivity contribution in [2.45, 2.75) is 33.6 Å². The van der Waals surface area contributed by atoms with Crippen molar-refractivity contribution in [1.29, 1.82) is 0 Å². The van der Waals surface area contributed by atoms with E-state index in [0.29, 0.717) is 18.5 Å². The summed E-state index contributed by atoms with van der Waals surface area (Å²) in [5, 5.41) is 11.3. The largest absolute Gasteiger partial charge is 0.480 e. The van der Waals surface area contributed by atoms with Gasteiger partial charge in [0.15, 0.2) is 0 Å². The van der Waals surface area contributed by atoms with E-state index in [2.05, 4.69) is 31.0 Å². The number of halogens is 1. The van der Waals surface area contributed by atoms with Gasteiger partial charge in [-0.15, -0.1) is 0 Å². The number of carbonyl (C=O) groups is 2. The summed E-state index contributed by atoms with van der Waals surface area (Å²) in [6.07, 6.45) is 0.713. The predicted octanol–water partition coefficient (Wildman–Crippen LogP) is 2.98. The molecule has 0 aromatic heterocycles. The Hall–Kier alpha value is -1.95. The number of carboxylic acids is 1. The van der Waals surface area contributed by atoms with Gasteiger partial charge in [-0.3, -0.25) is 9.59 Å². The Labute approximate surface area is 136 Å². The van der Waals surface area contributed by atoms with Gasteiger partial charge in [-0.1, -0.05) is 20.8 Å². The Balaban J connectivity index is 0.000000322. The predicted molar refractivity (Wildman–Crippen MR) is 87.8 cm³/mol. The zero-order valence-electron chi connectivity index (χ0n) is 13.9. The van der Waals surface area contributed by atoms with E-state index in [9.17, 15) is 14.0 Å². The van der Waals surface area contributed by atoms with Crippen molar-refractivity contribution in [3.8, 4) is 0 Å². The lowest BCUT2D eigenvalue weighted by atomic mass is 10.1. The van der Waals surface area contributed by atoms with Crippen LogP contribution < -0.4 is 5.32 Å². The molecule has 1 aliphatic rings. The van der Waals surface area contributed by atoms with Crippen LogP contribution in [0.1, 0.15) is 33.6 Å². The molecule has 6 heteroatoms. The first kappa shape index (κ1) is 19.1. The topological polar surface area (TPSA) is 69.6 Å². The monoisotopic (exact) mass is 324 g/mol. The molecule has 2 rings (SSSR count). The molecule has 1 amide bonds. The second kappa shape index (κ2) is 8.62. The molecule has 0 bridgehead atoms. The Bertz CT molecular complexity index is 518. The smallest absolute Gasteiger partial charge is 0.319 e. The van der Waals surface area contributed by atoms with E-state index in [4.69, 9.17) is 5.11 Å². The lowest BCUT2D eigenvalue weighted by Gasteiger charge is -2.13. The Kier molecular flexibility index (Phi) is 7.16. The van der Waals surface area contributed by atoms with Crippen LogP contribution in [-0.4, -0.2) is 41.5 Å². The number of carbonyl (C=O) groups excluding carboxylic acids is 1. The van der Waals surface area contributed by atoms with Gasteiger partial charge in [-0.05, 0) is 56.7 Å². The number of benzene rings is 1. The summed E-state index contributed by atoms with van der Waals surface area (Å²) < 4.78 is 12.6. The van der Waals surface area contributed by atoms with Gasteiger partial charge >= 0.3 is 5.97 Å². The van der Waals surface area contributed by atoms with Gasteiger partial charge in [-0.2, -0.15) is 0 Å². The number of anilines is 1. The minimum absolute atomic E-state index is 0.357. The van der Waals surface area contributed by atoms with E-state index in [1.807, 2.05) is 0 Å². The Morgan fingerprint density at radius 2 is 1.61 bits per heavy atom. The van der Waals surface area contributed by atoms with Gasteiger partial charge < -0.3 is 15.3 Å². The minimum Gasteiger partial charge on any atom is -0.480 e. The van der Waals surface area contributed by atoms with Crippen molar-refractivity contribution < 1.29 is 19.1 Å². The molecule has 0 atom stereocenters. The zero-order chi connectivity index (χ0) is 17.5. The average molecular weight is 324 g/mol. The molecular formula is C17H25FN2O3. The normalized spacial score (nSPS) is 14.7. The second-order valence-corrected chi connectivity index (χ2v) is 5.47. The number of amides is 1. The highest BCUT2D eigenvalue weighted by Gasteiger charge is 2.57. The van der Waals surface area contributed by atoms with Crippen molar-refractivity contribution in [2.24, 2.45) is 5.41 Å². The molecule has 1 aliphatic carbocycles. The molecule has 128 valence electrons. The molecule has 1 aromatic rings. The Morgan fingerprint density at radius 1 is 1.13 bits per heavy atom. The van der Waals surface area contributed by atoms with Gasteiger partial charge in [0.25, 0.3) is 0 Å². The molecule has 0 heterocycles. The maximum atomic E-state index is 12.6. The van der Waals surface area contributed by atoms with Crippen LogP contribution in [0.2, 0.25) is 0 Å². The van der Waals surface area contributed by atoms with Crippen LogP contribution in [0, 0.1) is 11.2 Å². The summed E-state index contributed by atoms with van der Waals surface area (Å²) in [5.41, 5.74) is -0.868. The fourth-order valence-corrected chi connectivity index (χ4v) is 2.12. The molecule has 0 unspecified atom stereocenters. The van der Waals surface area contributed by atoms with Crippen LogP contribution in [-0.2, 0) is 9.59 Å². The third-order valence-corrected chi connectivity index (χ3v) is 4.04. The highest BCUT2D eigenvalue weighted by atomic mass is 19.1. The van der Waals surface area contributed by atoms with Crippen LogP contribution in [0.5, 0.6) is 0 Å². The second-order valence-electron chi connectivity index (χ2n) is 5.47. The fourth-order valence-electron chi connectivity index (χ4n) is 2.12. The maximum Gasteiger partial charge on any atom is 0.319 e. The number of hydrogen-bond acceptors (Lipinski definition) is 3. The van der Waals surface area contributed by atoms with Crippen molar-refractivity contribution >= 4 is 17.6 Å². The quantitative estimate of drug-likeness (QED) is 0.789. The number of rotatable bonds is 6. The van der Waals surface area contributed by atoms with Crippen molar-refractivity contribution in [3.05, 3.63) is 30.1 Å². The summed E-state index contributed by atoms with van der Waals surface area (Å²) >= 11 is 0. The van der Waals surface area contributed by atoms with Crippen LogP contribution in [0.15, 0.2) is 24.3 Å². The first-order valence-electron chi connectivity index (χ1n) is 7.92. The maximum absolute atomic E-state index is 12.6. The SMILES string of the molecule is CCN(CC)CC.O=C(O)C1(C(=O)Nc2ccc(F)cc2)CC1. The van der Waals surface area contributed by atoms with E-state index in [-0.39, 0.29) is 0 Å². The van der Waals surface area contributed by atoms with Crippen LogP contribution in [0.3, 0.4) is 0 Å². The number of carboxylic acid groups (broad SMARTS) is 1. The van der Waals surface area contributed by atoms with Gasteiger partial charge in [0.1, 0.15) is 11.2 Å². The highest BCUT2D eigenvalue weighted by molar-refractivity contribution is 6.10.